The number of anilines is 1. The van der Waals surface area contributed by atoms with Crippen molar-refractivity contribution in [2.45, 2.75) is 31.1 Å². The lowest BCUT2D eigenvalue weighted by atomic mass is 10.0. The van der Waals surface area contributed by atoms with Crippen LogP contribution >= 0.6 is 12.4 Å². The lowest BCUT2D eigenvalue weighted by Gasteiger charge is -2.22. The SMILES string of the molecule is CCCS(=O)(=O)Nc1ccc(S(=O)(=O)NCC2CCCNC2)cc1F.Cl. The van der Waals surface area contributed by atoms with Crippen molar-refractivity contribution in [2.75, 3.05) is 30.1 Å². The van der Waals surface area contributed by atoms with Crippen molar-refractivity contribution in [2.24, 2.45) is 5.92 Å². The first-order valence-corrected chi connectivity index (χ1v) is 11.4. The molecule has 1 aromatic carbocycles. The van der Waals surface area contributed by atoms with E-state index in [1.54, 1.807) is 6.92 Å². The summed E-state index contributed by atoms with van der Waals surface area (Å²) < 4.78 is 66.7. The van der Waals surface area contributed by atoms with Crippen LogP contribution in [-0.2, 0) is 20.0 Å². The molecule has 0 saturated carbocycles. The molecular weight excluding hydrogens is 405 g/mol. The van der Waals surface area contributed by atoms with Gasteiger partial charge in [-0.15, -0.1) is 12.4 Å². The molecule has 150 valence electrons. The van der Waals surface area contributed by atoms with Crippen LogP contribution in [0.4, 0.5) is 10.1 Å². The van der Waals surface area contributed by atoms with Crippen LogP contribution in [0.3, 0.4) is 0 Å². The predicted molar refractivity (Wildman–Crippen MR) is 102 cm³/mol. The van der Waals surface area contributed by atoms with Gasteiger partial charge in [0.25, 0.3) is 0 Å². The Morgan fingerprint density at radius 2 is 2.00 bits per heavy atom. The van der Waals surface area contributed by atoms with Crippen molar-refractivity contribution < 1.29 is 21.2 Å². The van der Waals surface area contributed by atoms with E-state index in [0.717, 1.165) is 38.1 Å². The second-order valence-electron chi connectivity index (χ2n) is 6.13. The summed E-state index contributed by atoms with van der Waals surface area (Å²) in [6.07, 6.45) is 2.32. The Morgan fingerprint density at radius 3 is 2.58 bits per heavy atom. The zero-order valence-corrected chi connectivity index (χ0v) is 16.9. The summed E-state index contributed by atoms with van der Waals surface area (Å²) in [7, 11) is -7.49. The highest BCUT2D eigenvalue weighted by molar-refractivity contribution is 7.92. The summed E-state index contributed by atoms with van der Waals surface area (Å²) in [5, 5.41) is 3.20. The number of halogens is 2. The van der Waals surface area contributed by atoms with Gasteiger partial charge >= 0.3 is 0 Å². The molecule has 0 bridgehead atoms. The Hall–Kier alpha value is -0.940. The molecule has 1 saturated heterocycles. The molecule has 0 radical (unpaired) electrons. The Morgan fingerprint density at radius 1 is 1.27 bits per heavy atom. The summed E-state index contributed by atoms with van der Waals surface area (Å²) in [6.45, 7) is 3.65. The van der Waals surface area contributed by atoms with Crippen LogP contribution in [0.15, 0.2) is 23.1 Å². The van der Waals surface area contributed by atoms with E-state index in [1.165, 1.54) is 6.07 Å². The first kappa shape index (κ1) is 23.1. The number of benzene rings is 1. The van der Waals surface area contributed by atoms with E-state index in [2.05, 4.69) is 14.8 Å². The fourth-order valence-electron chi connectivity index (χ4n) is 2.64. The lowest BCUT2D eigenvalue weighted by molar-refractivity contribution is 0.376. The van der Waals surface area contributed by atoms with Gasteiger partial charge in [0, 0.05) is 6.54 Å². The number of nitrogens with one attached hydrogen (secondary N) is 3. The molecule has 1 unspecified atom stereocenters. The van der Waals surface area contributed by atoms with E-state index < -0.39 is 25.9 Å². The van der Waals surface area contributed by atoms with Crippen LogP contribution in [0.5, 0.6) is 0 Å². The fraction of sp³-hybridized carbons (Fsp3) is 0.600. The maximum absolute atomic E-state index is 14.1. The minimum Gasteiger partial charge on any atom is -0.316 e. The molecule has 1 aromatic rings. The third-order valence-corrected chi connectivity index (χ3v) is 6.85. The first-order valence-electron chi connectivity index (χ1n) is 8.24. The Labute approximate surface area is 160 Å². The molecule has 11 heteroatoms. The Kier molecular flexibility index (Phi) is 8.74. The van der Waals surface area contributed by atoms with Crippen molar-refractivity contribution >= 4 is 38.1 Å². The van der Waals surface area contributed by atoms with Crippen LogP contribution in [-0.4, -0.2) is 42.2 Å². The Balaban J connectivity index is 0.00000338. The monoisotopic (exact) mass is 429 g/mol. The molecule has 3 N–H and O–H groups in total. The van der Waals surface area contributed by atoms with Gasteiger partial charge in [0.1, 0.15) is 5.82 Å². The molecule has 26 heavy (non-hydrogen) atoms. The van der Waals surface area contributed by atoms with Crippen molar-refractivity contribution in [1.82, 2.24) is 10.0 Å². The number of hydrogen-bond donors (Lipinski definition) is 3. The van der Waals surface area contributed by atoms with Crippen molar-refractivity contribution in [3.8, 4) is 0 Å². The second kappa shape index (κ2) is 9.84. The highest BCUT2D eigenvalue weighted by atomic mass is 35.5. The van der Waals surface area contributed by atoms with Crippen molar-refractivity contribution in [3.63, 3.8) is 0 Å². The molecule has 7 nitrogen and oxygen atoms in total. The summed E-state index contributed by atoms with van der Waals surface area (Å²) in [6, 6.07) is 3.14. The van der Waals surface area contributed by atoms with Gasteiger partial charge in [-0.05, 0) is 56.5 Å². The molecular formula is C15H25ClFN3O4S2. The zero-order valence-electron chi connectivity index (χ0n) is 14.5. The molecule has 0 amide bonds. The van der Waals surface area contributed by atoms with Crippen molar-refractivity contribution in [1.29, 1.82) is 0 Å². The molecule has 0 aliphatic carbocycles. The van der Waals surface area contributed by atoms with E-state index in [-0.39, 0.29) is 41.2 Å². The topological polar surface area (TPSA) is 104 Å². The quantitative estimate of drug-likeness (QED) is 0.583. The molecule has 2 rings (SSSR count). The standard InChI is InChI=1S/C15H24FN3O4S2.ClH/c1-2-8-24(20,21)19-15-6-5-13(9-14(15)16)25(22,23)18-11-12-4-3-7-17-10-12;/h5-6,9,12,17-19H,2-4,7-8,10-11H2,1H3;1H. The normalized spacial score (nSPS) is 18.2. The molecule has 1 aliphatic rings. The number of hydrogen-bond acceptors (Lipinski definition) is 5. The Bertz CT molecular complexity index is 797. The smallest absolute Gasteiger partial charge is 0.240 e. The van der Waals surface area contributed by atoms with E-state index in [1.807, 2.05) is 0 Å². The average molecular weight is 430 g/mol. The van der Waals surface area contributed by atoms with Gasteiger partial charge in [-0.2, -0.15) is 0 Å². The fourth-order valence-corrected chi connectivity index (χ4v) is 4.91. The van der Waals surface area contributed by atoms with Crippen LogP contribution in [0.1, 0.15) is 26.2 Å². The number of rotatable bonds is 8. The van der Waals surface area contributed by atoms with Gasteiger partial charge < -0.3 is 5.32 Å². The van der Waals surface area contributed by atoms with Gasteiger partial charge in [0.2, 0.25) is 20.0 Å². The van der Waals surface area contributed by atoms with Crippen LogP contribution < -0.4 is 14.8 Å². The predicted octanol–water partition coefficient (Wildman–Crippen LogP) is 1.68. The van der Waals surface area contributed by atoms with Gasteiger partial charge in [-0.25, -0.2) is 25.9 Å². The van der Waals surface area contributed by atoms with E-state index in [4.69, 9.17) is 0 Å². The van der Waals surface area contributed by atoms with Gasteiger partial charge in [-0.1, -0.05) is 6.92 Å². The lowest BCUT2D eigenvalue weighted by Crippen LogP contribution is -2.38. The molecule has 1 heterocycles. The summed E-state index contributed by atoms with van der Waals surface area (Å²) in [5.41, 5.74) is -0.260. The molecule has 1 aliphatic heterocycles. The minimum absolute atomic E-state index is 0. The molecule has 0 spiro atoms. The second-order valence-corrected chi connectivity index (χ2v) is 9.74. The molecule has 0 aromatic heterocycles. The summed E-state index contributed by atoms with van der Waals surface area (Å²) in [4.78, 5) is -0.229. The number of sulfonamides is 2. The average Bonchev–Trinajstić information content (AvgIpc) is 2.55. The largest absolute Gasteiger partial charge is 0.316 e. The zero-order chi connectivity index (χ0) is 18.5. The third-order valence-electron chi connectivity index (χ3n) is 3.95. The highest BCUT2D eigenvalue weighted by Gasteiger charge is 2.21. The van der Waals surface area contributed by atoms with Crippen molar-refractivity contribution in [3.05, 3.63) is 24.0 Å². The number of piperidine rings is 1. The maximum Gasteiger partial charge on any atom is 0.240 e. The van der Waals surface area contributed by atoms with Crippen LogP contribution in [0.25, 0.3) is 0 Å². The van der Waals surface area contributed by atoms with E-state index in [0.29, 0.717) is 6.42 Å². The van der Waals surface area contributed by atoms with Gasteiger partial charge in [0.15, 0.2) is 0 Å². The highest BCUT2D eigenvalue weighted by Crippen LogP contribution is 2.20. The van der Waals surface area contributed by atoms with E-state index in [9.17, 15) is 21.2 Å². The van der Waals surface area contributed by atoms with Gasteiger partial charge in [0.05, 0.1) is 16.3 Å². The third kappa shape index (κ3) is 6.66. The van der Waals surface area contributed by atoms with Crippen LogP contribution in [0, 0.1) is 11.7 Å². The minimum atomic E-state index is -3.85. The van der Waals surface area contributed by atoms with E-state index >= 15 is 0 Å². The van der Waals surface area contributed by atoms with Gasteiger partial charge in [-0.3, -0.25) is 4.72 Å². The maximum atomic E-state index is 14.1. The summed E-state index contributed by atoms with van der Waals surface area (Å²) in [5.74, 6) is -0.862. The van der Waals surface area contributed by atoms with Crippen LogP contribution in [0.2, 0.25) is 0 Å². The summed E-state index contributed by atoms with van der Waals surface area (Å²) >= 11 is 0. The first-order chi connectivity index (χ1) is 11.7. The molecule has 1 atom stereocenters. The molecule has 1 fully saturated rings.